The molecule has 2 N–H and O–H groups in total. The van der Waals surface area contributed by atoms with Crippen molar-refractivity contribution in [3.05, 3.63) is 54.2 Å². The maximum atomic E-state index is 5.56. The lowest BCUT2D eigenvalue weighted by Crippen LogP contribution is -2.42. The van der Waals surface area contributed by atoms with Gasteiger partial charge in [0.2, 0.25) is 0 Å². The van der Waals surface area contributed by atoms with Gasteiger partial charge in [-0.2, -0.15) is 0 Å². The van der Waals surface area contributed by atoms with Gasteiger partial charge in [0.15, 0.2) is 5.96 Å². The standard InChI is InChI=1S/C21H30N6O.HI/c1-16-25-17-9-5-6-10-18(17)27(16)13-8-12-23-21(22-2)24-15-19(26(3)4)20-11-7-14-28-20;/h5-7,9-11,14,19H,8,12-13,15H2,1-4H3,(H2,22,23,24);1H. The fourth-order valence-electron chi connectivity index (χ4n) is 3.35. The van der Waals surface area contributed by atoms with Crippen molar-refractivity contribution < 1.29 is 4.42 Å². The van der Waals surface area contributed by atoms with Crippen molar-refractivity contribution in [3.8, 4) is 0 Å². The van der Waals surface area contributed by atoms with Crippen LogP contribution in [0, 0.1) is 6.92 Å². The van der Waals surface area contributed by atoms with E-state index < -0.39 is 0 Å². The van der Waals surface area contributed by atoms with Crippen LogP contribution in [0.3, 0.4) is 0 Å². The van der Waals surface area contributed by atoms with Crippen molar-refractivity contribution in [3.63, 3.8) is 0 Å². The summed E-state index contributed by atoms with van der Waals surface area (Å²) in [7, 11) is 5.88. The molecule has 3 rings (SSSR count). The summed E-state index contributed by atoms with van der Waals surface area (Å²) in [5.74, 6) is 2.79. The van der Waals surface area contributed by atoms with Gasteiger partial charge in [-0.05, 0) is 51.7 Å². The van der Waals surface area contributed by atoms with Crippen LogP contribution in [0.5, 0.6) is 0 Å². The molecule has 0 fully saturated rings. The van der Waals surface area contributed by atoms with Crippen LogP contribution in [0.1, 0.15) is 24.0 Å². The number of furan rings is 1. The maximum absolute atomic E-state index is 5.56. The number of nitrogens with one attached hydrogen (secondary N) is 2. The van der Waals surface area contributed by atoms with Crippen LogP contribution in [0.2, 0.25) is 0 Å². The molecule has 0 aliphatic rings. The van der Waals surface area contributed by atoms with Gasteiger partial charge in [0, 0.05) is 26.7 Å². The molecule has 0 bridgehead atoms. The fraction of sp³-hybridized carbons (Fsp3) is 0.429. The minimum absolute atomic E-state index is 0. The topological polar surface area (TPSA) is 70.6 Å². The van der Waals surface area contributed by atoms with E-state index in [0.717, 1.165) is 42.6 Å². The zero-order valence-corrected chi connectivity index (χ0v) is 19.9. The summed E-state index contributed by atoms with van der Waals surface area (Å²) < 4.78 is 7.83. The Morgan fingerprint density at radius 2 is 2.00 bits per heavy atom. The number of aryl methyl sites for hydroxylation is 2. The zero-order valence-electron chi connectivity index (χ0n) is 17.6. The Morgan fingerprint density at radius 1 is 1.21 bits per heavy atom. The molecule has 1 unspecified atom stereocenters. The summed E-state index contributed by atoms with van der Waals surface area (Å²) in [6.07, 6.45) is 2.69. The second-order valence-corrected chi connectivity index (χ2v) is 7.03. The first-order valence-corrected chi connectivity index (χ1v) is 9.66. The van der Waals surface area contributed by atoms with E-state index in [1.54, 1.807) is 13.3 Å². The van der Waals surface area contributed by atoms with E-state index in [1.165, 1.54) is 5.52 Å². The van der Waals surface area contributed by atoms with Gasteiger partial charge in [0.1, 0.15) is 11.6 Å². The molecule has 0 spiro atoms. The van der Waals surface area contributed by atoms with Gasteiger partial charge in [-0.1, -0.05) is 12.1 Å². The molecule has 0 amide bonds. The van der Waals surface area contributed by atoms with E-state index in [2.05, 4.69) is 55.2 Å². The Kier molecular flexibility index (Phi) is 8.97. The lowest BCUT2D eigenvalue weighted by atomic mass is 10.2. The Morgan fingerprint density at radius 3 is 2.69 bits per heavy atom. The molecule has 158 valence electrons. The molecule has 2 heterocycles. The van der Waals surface area contributed by atoms with E-state index in [9.17, 15) is 0 Å². The lowest BCUT2D eigenvalue weighted by Gasteiger charge is -2.23. The molecule has 2 aromatic heterocycles. The predicted molar refractivity (Wildman–Crippen MR) is 129 cm³/mol. The number of para-hydroxylation sites is 2. The van der Waals surface area contributed by atoms with Gasteiger partial charge in [-0.3, -0.25) is 9.89 Å². The quantitative estimate of drug-likeness (QED) is 0.211. The molecular formula is C21H31IN6O. The molecule has 1 aromatic carbocycles. The van der Waals surface area contributed by atoms with Crippen molar-refractivity contribution >= 4 is 41.0 Å². The molecule has 0 aliphatic heterocycles. The third-order valence-electron chi connectivity index (χ3n) is 4.88. The van der Waals surface area contributed by atoms with Crippen LogP contribution in [0.25, 0.3) is 11.0 Å². The highest BCUT2D eigenvalue weighted by Gasteiger charge is 2.17. The van der Waals surface area contributed by atoms with E-state index in [-0.39, 0.29) is 30.0 Å². The molecule has 1 atom stereocenters. The first-order valence-electron chi connectivity index (χ1n) is 9.66. The number of hydrogen-bond donors (Lipinski definition) is 2. The van der Waals surface area contributed by atoms with Crippen LogP contribution in [-0.2, 0) is 6.54 Å². The number of guanidine groups is 1. The second kappa shape index (κ2) is 11.2. The number of fused-ring (bicyclic) bond motifs is 1. The van der Waals surface area contributed by atoms with Crippen molar-refractivity contribution in [1.29, 1.82) is 0 Å². The van der Waals surface area contributed by atoms with Gasteiger partial charge >= 0.3 is 0 Å². The minimum atomic E-state index is 0. The zero-order chi connectivity index (χ0) is 19.9. The number of benzene rings is 1. The number of halogens is 1. The van der Waals surface area contributed by atoms with Crippen molar-refractivity contribution in [2.45, 2.75) is 25.9 Å². The third-order valence-corrected chi connectivity index (χ3v) is 4.88. The normalized spacial score (nSPS) is 12.8. The fourth-order valence-corrected chi connectivity index (χ4v) is 3.35. The first kappa shape index (κ1) is 23.2. The molecule has 29 heavy (non-hydrogen) atoms. The molecule has 0 saturated carbocycles. The van der Waals surface area contributed by atoms with Crippen LogP contribution >= 0.6 is 24.0 Å². The highest BCUT2D eigenvalue weighted by Crippen LogP contribution is 2.17. The number of aliphatic imine (C=N–C) groups is 1. The average molecular weight is 510 g/mol. The maximum Gasteiger partial charge on any atom is 0.191 e. The SMILES string of the molecule is CN=C(NCCCn1c(C)nc2ccccc21)NCC(c1ccco1)N(C)C.I. The lowest BCUT2D eigenvalue weighted by molar-refractivity contribution is 0.258. The molecule has 7 nitrogen and oxygen atoms in total. The Labute approximate surface area is 189 Å². The molecule has 0 saturated heterocycles. The highest BCUT2D eigenvalue weighted by molar-refractivity contribution is 14.0. The number of aromatic nitrogens is 2. The number of likely N-dealkylation sites (N-methyl/N-ethyl adjacent to an activating group) is 1. The first-order chi connectivity index (χ1) is 13.6. The molecule has 0 aliphatic carbocycles. The summed E-state index contributed by atoms with van der Waals surface area (Å²) in [6, 6.07) is 12.3. The van der Waals surface area contributed by atoms with Crippen LogP contribution in [0.4, 0.5) is 0 Å². The number of imidazole rings is 1. The predicted octanol–water partition coefficient (Wildman–Crippen LogP) is 3.41. The summed E-state index contributed by atoms with van der Waals surface area (Å²) in [6.45, 7) is 4.53. The minimum Gasteiger partial charge on any atom is -0.468 e. The van der Waals surface area contributed by atoms with Crippen molar-refractivity contribution in [2.24, 2.45) is 4.99 Å². The van der Waals surface area contributed by atoms with Gasteiger partial charge < -0.3 is 19.6 Å². The second-order valence-electron chi connectivity index (χ2n) is 7.03. The van der Waals surface area contributed by atoms with Gasteiger partial charge in [0.25, 0.3) is 0 Å². The third kappa shape index (κ3) is 5.96. The number of nitrogens with zero attached hydrogens (tertiary/aromatic N) is 4. The van der Waals surface area contributed by atoms with Crippen LogP contribution in [-0.4, -0.2) is 54.6 Å². The Balaban J connectivity index is 0.00000300. The Bertz CT molecular complexity index is 903. The van der Waals surface area contributed by atoms with Gasteiger partial charge in [0.05, 0.1) is 23.3 Å². The summed E-state index contributed by atoms with van der Waals surface area (Å²) >= 11 is 0. The molecule has 8 heteroatoms. The van der Waals surface area contributed by atoms with Crippen LogP contribution < -0.4 is 10.6 Å². The van der Waals surface area contributed by atoms with Gasteiger partial charge in [-0.15, -0.1) is 24.0 Å². The number of hydrogen-bond acceptors (Lipinski definition) is 4. The molecular weight excluding hydrogens is 479 g/mol. The van der Waals surface area contributed by atoms with Crippen LogP contribution in [0.15, 0.2) is 52.1 Å². The number of rotatable bonds is 8. The summed E-state index contributed by atoms with van der Waals surface area (Å²) in [5.41, 5.74) is 2.24. The highest BCUT2D eigenvalue weighted by atomic mass is 127. The summed E-state index contributed by atoms with van der Waals surface area (Å²) in [5, 5.41) is 6.79. The average Bonchev–Trinajstić information content (AvgIpc) is 3.31. The largest absolute Gasteiger partial charge is 0.468 e. The van der Waals surface area contributed by atoms with Gasteiger partial charge in [-0.25, -0.2) is 4.98 Å². The van der Waals surface area contributed by atoms with E-state index in [4.69, 9.17) is 4.42 Å². The molecule has 3 aromatic rings. The van der Waals surface area contributed by atoms with Crippen molar-refractivity contribution in [2.75, 3.05) is 34.2 Å². The Hall–Kier alpha value is -2.07. The van der Waals surface area contributed by atoms with E-state index >= 15 is 0 Å². The van der Waals surface area contributed by atoms with E-state index in [1.807, 2.05) is 32.3 Å². The summed E-state index contributed by atoms with van der Waals surface area (Å²) in [4.78, 5) is 11.1. The molecule has 0 radical (unpaired) electrons. The smallest absolute Gasteiger partial charge is 0.191 e. The van der Waals surface area contributed by atoms with Crippen molar-refractivity contribution in [1.82, 2.24) is 25.1 Å². The monoisotopic (exact) mass is 510 g/mol. The van der Waals surface area contributed by atoms with E-state index in [0.29, 0.717) is 6.54 Å².